The molecule has 0 bridgehead atoms. The summed E-state index contributed by atoms with van der Waals surface area (Å²) in [5, 5.41) is 0.399. The van der Waals surface area contributed by atoms with Crippen molar-refractivity contribution in [1.82, 2.24) is 9.55 Å². The van der Waals surface area contributed by atoms with Gasteiger partial charge in [-0.1, -0.05) is 24.9 Å². The lowest BCUT2D eigenvalue weighted by Gasteiger charge is -2.08. The number of hydrogen-bond acceptors (Lipinski definition) is 3. The first kappa shape index (κ1) is 13.6. The molecule has 2 heterocycles. The number of unbranched alkanes of at least 4 members (excludes halogenated alkanes) is 1. The zero-order valence-electron chi connectivity index (χ0n) is 10.7. The second kappa shape index (κ2) is 6.38. The van der Waals surface area contributed by atoms with E-state index in [2.05, 4.69) is 11.9 Å². The standard InChI is InChI=1S/C14H15ClN2O2/c1-2-3-8-19-12-6-7-17(14(18)9-12)11-4-5-13(15)16-10-11/h4-7,9-10H,2-3,8H2,1H3. The second-order valence-electron chi connectivity index (χ2n) is 4.11. The van der Waals surface area contributed by atoms with E-state index in [9.17, 15) is 4.79 Å². The molecule has 0 N–H and O–H groups in total. The molecular weight excluding hydrogens is 264 g/mol. The summed E-state index contributed by atoms with van der Waals surface area (Å²) in [6.45, 7) is 2.72. The van der Waals surface area contributed by atoms with Gasteiger partial charge in [-0.05, 0) is 24.6 Å². The Hall–Kier alpha value is -1.81. The van der Waals surface area contributed by atoms with Crippen LogP contribution in [0, 0.1) is 0 Å². The second-order valence-corrected chi connectivity index (χ2v) is 4.50. The summed E-state index contributed by atoms with van der Waals surface area (Å²) in [7, 11) is 0. The van der Waals surface area contributed by atoms with Crippen LogP contribution in [-0.4, -0.2) is 16.2 Å². The lowest BCUT2D eigenvalue weighted by molar-refractivity contribution is 0.308. The summed E-state index contributed by atoms with van der Waals surface area (Å²) >= 11 is 5.72. The fourth-order valence-electron chi connectivity index (χ4n) is 1.61. The Bertz CT molecular complexity index is 593. The Kier molecular flexibility index (Phi) is 4.58. The predicted octanol–water partition coefficient (Wildman–Crippen LogP) is 3.06. The van der Waals surface area contributed by atoms with Crippen molar-refractivity contribution in [2.45, 2.75) is 19.8 Å². The maximum absolute atomic E-state index is 12.0. The van der Waals surface area contributed by atoms with Gasteiger partial charge in [0.2, 0.25) is 0 Å². The predicted molar refractivity (Wildman–Crippen MR) is 75.2 cm³/mol. The topological polar surface area (TPSA) is 44.1 Å². The van der Waals surface area contributed by atoms with Gasteiger partial charge in [-0.3, -0.25) is 9.36 Å². The van der Waals surface area contributed by atoms with Gasteiger partial charge >= 0.3 is 0 Å². The van der Waals surface area contributed by atoms with Crippen LogP contribution >= 0.6 is 11.6 Å². The lowest BCUT2D eigenvalue weighted by Crippen LogP contribution is -2.17. The molecule has 0 radical (unpaired) electrons. The van der Waals surface area contributed by atoms with Gasteiger partial charge in [0.25, 0.3) is 5.56 Å². The van der Waals surface area contributed by atoms with Crippen LogP contribution in [0.25, 0.3) is 5.69 Å². The van der Waals surface area contributed by atoms with Crippen LogP contribution in [0.4, 0.5) is 0 Å². The molecule has 2 rings (SSSR count). The Labute approximate surface area is 116 Å². The first-order valence-corrected chi connectivity index (χ1v) is 6.56. The average molecular weight is 279 g/mol. The molecular formula is C14H15ClN2O2. The van der Waals surface area contributed by atoms with Crippen LogP contribution in [0.5, 0.6) is 5.75 Å². The number of rotatable bonds is 5. The maximum atomic E-state index is 12.0. The molecule has 4 nitrogen and oxygen atoms in total. The van der Waals surface area contributed by atoms with Gasteiger partial charge in [-0.15, -0.1) is 0 Å². The van der Waals surface area contributed by atoms with Gasteiger partial charge in [-0.25, -0.2) is 4.98 Å². The van der Waals surface area contributed by atoms with E-state index < -0.39 is 0 Å². The maximum Gasteiger partial charge on any atom is 0.258 e. The van der Waals surface area contributed by atoms with Crippen molar-refractivity contribution in [2.75, 3.05) is 6.61 Å². The number of halogens is 1. The third-order valence-corrected chi connectivity index (χ3v) is 2.87. The van der Waals surface area contributed by atoms with Crippen molar-refractivity contribution < 1.29 is 4.74 Å². The quantitative estimate of drug-likeness (QED) is 0.624. The number of ether oxygens (including phenoxy) is 1. The highest BCUT2D eigenvalue weighted by molar-refractivity contribution is 6.29. The molecule has 0 atom stereocenters. The molecule has 0 aliphatic carbocycles. The summed E-state index contributed by atoms with van der Waals surface area (Å²) in [6.07, 6.45) is 5.27. The van der Waals surface area contributed by atoms with Gasteiger partial charge < -0.3 is 4.74 Å². The first-order valence-electron chi connectivity index (χ1n) is 6.18. The SMILES string of the molecule is CCCCOc1ccn(-c2ccc(Cl)nc2)c(=O)c1. The molecule has 0 unspecified atom stereocenters. The van der Waals surface area contributed by atoms with Crippen molar-refractivity contribution in [3.05, 3.63) is 52.2 Å². The van der Waals surface area contributed by atoms with E-state index in [-0.39, 0.29) is 5.56 Å². The van der Waals surface area contributed by atoms with Gasteiger partial charge in [-0.2, -0.15) is 0 Å². The highest BCUT2D eigenvalue weighted by atomic mass is 35.5. The van der Waals surface area contributed by atoms with E-state index in [1.165, 1.54) is 10.6 Å². The van der Waals surface area contributed by atoms with Crippen molar-refractivity contribution >= 4 is 11.6 Å². The zero-order valence-corrected chi connectivity index (χ0v) is 11.4. The highest BCUT2D eigenvalue weighted by Crippen LogP contribution is 2.11. The van der Waals surface area contributed by atoms with Crippen molar-refractivity contribution in [2.24, 2.45) is 0 Å². The van der Waals surface area contributed by atoms with Crippen LogP contribution in [0.1, 0.15) is 19.8 Å². The lowest BCUT2D eigenvalue weighted by atomic mass is 10.3. The van der Waals surface area contributed by atoms with Crippen LogP contribution in [0.15, 0.2) is 41.5 Å². The molecule has 0 aromatic carbocycles. The first-order chi connectivity index (χ1) is 9.20. The number of nitrogens with zero attached hydrogens (tertiary/aromatic N) is 2. The molecule has 0 saturated carbocycles. The van der Waals surface area contributed by atoms with Crippen molar-refractivity contribution in [3.8, 4) is 11.4 Å². The third-order valence-electron chi connectivity index (χ3n) is 2.65. The molecule has 0 fully saturated rings. The summed E-state index contributed by atoms with van der Waals surface area (Å²) in [6, 6.07) is 6.64. The van der Waals surface area contributed by atoms with Crippen LogP contribution in [0.3, 0.4) is 0 Å². The Morgan fingerprint density at radius 3 is 2.84 bits per heavy atom. The van der Waals surface area contributed by atoms with Crippen molar-refractivity contribution in [3.63, 3.8) is 0 Å². The monoisotopic (exact) mass is 278 g/mol. The smallest absolute Gasteiger partial charge is 0.258 e. The fraction of sp³-hybridized carbons (Fsp3) is 0.286. The molecule has 0 spiro atoms. The third kappa shape index (κ3) is 3.58. The Morgan fingerprint density at radius 1 is 1.37 bits per heavy atom. The van der Waals surface area contributed by atoms with Gasteiger partial charge in [0, 0.05) is 12.3 Å². The number of pyridine rings is 2. The largest absolute Gasteiger partial charge is 0.493 e. The normalized spacial score (nSPS) is 10.4. The molecule has 0 aliphatic heterocycles. The van der Waals surface area contributed by atoms with Gasteiger partial charge in [0.15, 0.2) is 0 Å². The minimum Gasteiger partial charge on any atom is -0.493 e. The van der Waals surface area contributed by atoms with E-state index in [1.807, 2.05) is 0 Å². The van der Waals surface area contributed by atoms with E-state index >= 15 is 0 Å². The molecule has 0 aliphatic rings. The van der Waals surface area contributed by atoms with Gasteiger partial charge in [0.05, 0.1) is 18.5 Å². The molecule has 100 valence electrons. The fourth-order valence-corrected chi connectivity index (χ4v) is 1.72. The van der Waals surface area contributed by atoms with Gasteiger partial charge in [0.1, 0.15) is 10.9 Å². The van der Waals surface area contributed by atoms with Crippen LogP contribution < -0.4 is 10.3 Å². The molecule has 0 saturated heterocycles. The summed E-state index contributed by atoms with van der Waals surface area (Å²) in [4.78, 5) is 15.9. The molecule has 0 amide bonds. The van der Waals surface area contributed by atoms with E-state index in [0.717, 1.165) is 12.8 Å². The van der Waals surface area contributed by atoms with Crippen LogP contribution in [0.2, 0.25) is 5.15 Å². The number of hydrogen-bond donors (Lipinski definition) is 0. The summed E-state index contributed by atoms with van der Waals surface area (Å²) < 4.78 is 6.98. The van der Waals surface area contributed by atoms with Crippen LogP contribution in [-0.2, 0) is 0 Å². The molecule has 2 aromatic heterocycles. The molecule has 5 heteroatoms. The average Bonchev–Trinajstić information content (AvgIpc) is 2.41. The summed E-state index contributed by atoms with van der Waals surface area (Å²) in [5.41, 5.74) is 0.521. The van der Waals surface area contributed by atoms with E-state index in [0.29, 0.717) is 23.2 Å². The molecule has 2 aromatic rings. The Morgan fingerprint density at radius 2 is 2.21 bits per heavy atom. The Balaban J connectivity index is 2.19. The summed E-state index contributed by atoms with van der Waals surface area (Å²) in [5.74, 6) is 0.594. The van der Waals surface area contributed by atoms with E-state index in [1.54, 1.807) is 30.6 Å². The number of aromatic nitrogens is 2. The molecule has 19 heavy (non-hydrogen) atoms. The minimum absolute atomic E-state index is 0.155. The minimum atomic E-state index is -0.155. The van der Waals surface area contributed by atoms with E-state index in [4.69, 9.17) is 16.3 Å². The highest BCUT2D eigenvalue weighted by Gasteiger charge is 2.02. The van der Waals surface area contributed by atoms with Crippen molar-refractivity contribution in [1.29, 1.82) is 0 Å². The zero-order chi connectivity index (χ0) is 13.7.